The van der Waals surface area contributed by atoms with E-state index in [2.05, 4.69) is 17.2 Å². The number of pyridine rings is 1. The van der Waals surface area contributed by atoms with Gasteiger partial charge in [-0.15, -0.1) is 0 Å². The lowest BCUT2D eigenvalue weighted by Crippen LogP contribution is -2.29. The standard InChI is InChI=1S/C23H26FN3O/c1-4-21-16(2)22(23(28)26-13-11-20-10-5-6-12-25-20)27(17(21)3)15-18-8-7-9-19(24)14-18/h5-10,12,14H,4,11,13,15H2,1-3H3,(H,26,28). The monoisotopic (exact) mass is 379 g/mol. The van der Waals surface area contributed by atoms with Crippen molar-refractivity contribution in [2.75, 3.05) is 6.54 Å². The van der Waals surface area contributed by atoms with E-state index in [1.807, 2.05) is 42.7 Å². The first-order valence-electron chi connectivity index (χ1n) is 9.62. The molecule has 0 fully saturated rings. The first kappa shape index (κ1) is 19.8. The van der Waals surface area contributed by atoms with Crippen molar-refractivity contribution in [3.63, 3.8) is 0 Å². The molecule has 2 heterocycles. The molecule has 0 aliphatic heterocycles. The van der Waals surface area contributed by atoms with Crippen molar-refractivity contribution >= 4 is 5.91 Å². The zero-order valence-electron chi connectivity index (χ0n) is 16.6. The Morgan fingerprint density at radius 2 is 2.00 bits per heavy atom. The number of amides is 1. The van der Waals surface area contributed by atoms with Crippen LogP contribution in [-0.4, -0.2) is 22.0 Å². The Labute approximate surface area is 165 Å². The summed E-state index contributed by atoms with van der Waals surface area (Å²) in [5.74, 6) is -0.372. The molecular formula is C23H26FN3O. The van der Waals surface area contributed by atoms with Gasteiger partial charge in [0, 0.05) is 37.1 Å². The number of nitrogens with zero attached hydrogens (tertiary/aromatic N) is 2. The number of aromatic nitrogens is 2. The van der Waals surface area contributed by atoms with Gasteiger partial charge in [-0.25, -0.2) is 4.39 Å². The van der Waals surface area contributed by atoms with Gasteiger partial charge in [-0.05, 0) is 61.2 Å². The van der Waals surface area contributed by atoms with Crippen LogP contribution in [0.25, 0.3) is 0 Å². The smallest absolute Gasteiger partial charge is 0.268 e. The number of hydrogen-bond donors (Lipinski definition) is 1. The van der Waals surface area contributed by atoms with E-state index in [-0.39, 0.29) is 11.7 Å². The SMILES string of the molecule is CCc1c(C)c(C(=O)NCCc2ccccn2)n(Cc2cccc(F)c2)c1C. The van der Waals surface area contributed by atoms with Crippen LogP contribution in [0.4, 0.5) is 4.39 Å². The Morgan fingerprint density at radius 3 is 2.68 bits per heavy atom. The van der Waals surface area contributed by atoms with E-state index in [4.69, 9.17) is 0 Å². The molecular weight excluding hydrogens is 353 g/mol. The summed E-state index contributed by atoms with van der Waals surface area (Å²) in [5, 5.41) is 3.02. The van der Waals surface area contributed by atoms with Gasteiger partial charge in [0.1, 0.15) is 11.5 Å². The molecule has 3 rings (SSSR count). The third-order valence-corrected chi connectivity index (χ3v) is 5.11. The first-order chi connectivity index (χ1) is 13.5. The number of rotatable bonds is 7. The molecule has 0 saturated heterocycles. The molecule has 0 aliphatic rings. The third-order valence-electron chi connectivity index (χ3n) is 5.11. The Kier molecular flexibility index (Phi) is 6.24. The molecule has 2 aromatic heterocycles. The minimum atomic E-state index is -0.267. The minimum absolute atomic E-state index is 0.104. The second-order valence-electron chi connectivity index (χ2n) is 6.93. The van der Waals surface area contributed by atoms with Gasteiger partial charge in [-0.3, -0.25) is 9.78 Å². The predicted molar refractivity (Wildman–Crippen MR) is 109 cm³/mol. The fourth-order valence-corrected chi connectivity index (χ4v) is 3.71. The maximum Gasteiger partial charge on any atom is 0.268 e. The maximum atomic E-state index is 13.6. The molecule has 146 valence electrons. The van der Waals surface area contributed by atoms with Crippen LogP contribution in [-0.2, 0) is 19.4 Å². The van der Waals surface area contributed by atoms with Crippen LogP contribution < -0.4 is 5.32 Å². The van der Waals surface area contributed by atoms with E-state index >= 15 is 0 Å². The van der Waals surface area contributed by atoms with E-state index in [0.29, 0.717) is 25.2 Å². The molecule has 1 aromatic carbocycles. The predicted octanol–water partition coefficient (Wildman–Crippen LogP) is 4.22. The molecule has 1 amide bonds. The molecule has 0 radical (unpaired) electrons. The van der Waals surface area contributed by atoms with Crippen LogP contribution in [0.3, 0.4) is 0 Å². The fraction of sp³-hybridized carbons (Fsp3) is 0.304. The molecule has 4 nitrogen and oxygen atoms in total. The molecule has 0 unspecified atom stereocenters. The van der Waals surface area contributed by atoms with Gasteiger partial charge in [0.05, 0.1) is 0 Å². The molecule has 0 aliphatic carbocycles. The van der Waals surface area contributed by atoms with Crippen LogP contribution in [0.2, 0.25) is 0 Å². The summed E-state index contributed by atoms with van der Waals surface area (Å²) in [7, 11) is 0. The lowest BCUT2D eigenvalue weighted by atomic mass is 10.1. The topological polar surface area (TPSA) is 46.9 Å². The fourth-order valence-electron chi connectivity index (χ4n) is 3.71. The van der Waals surface area contributed by atoms with Crippen molar-refractivity contribution in [1.29, 1.82) is 0 Å². The van der Waals surface area contributed by atoms with Crippen molar-refractivity contribution < 1.29 is 9.18 Å². The molecule has 1 N–H and O–H groups in total. The zero-order chi connectivity index (χ0) is 20.1. The Hall–Kier alpha value is -2.95. The van der Waals surface area contributed by atoms with E-state index < -0.39 is 0 Å². The highest BCUT2D eigenvalue weighted by molar-refractivity contribution is 5.95. The van der Waals surface area contributed by atoms with Gasteiger partial charge < -0.3 is 9.88 Å². The molecule has 5 heteroatoms. The molecule has 3 aromatic rings. The van der Waals surface area contributed by atoms with Crippen LogP contribution in [0.15, 0.2) is 48.7 Å². The van der Waals surface area contributed by atoms with Crippen LogP contribution in [0.5, 0.6) is 0 Å². The van der Waals surface area contributed by atoms with Gasteiger partial charge in [-0.1, -0.05) is 25.1 Å². The second-order valence-corrected chi connectivity index (χ2v) is 6.93. The van der Waals surface area contributed by atoms with E-state index in [1.165, 1.54) is 17.7 Å². The minimum Gasteiger partial charge on any atom is -0.350 e. The zero-order valence-corrected chi connectivity index (χ0v) is 16.6. The summed E-state index contributed by atoms with van der Waals surface area (Å²) in [6.07, 6.45) is 3.28. The Morgan fingerprint density at radius 1 is 1.18 bits per heavy atom. The normalized spacial score (nSPS) is 10.9. The third kappa shape index (κ3) is 4.30. The lowest BCUT2D eigenvalue weighted by Gasteiger charge is -2.13. The molecule has 0 atom stereocenters. The van der Waals surface area contributed by atoms with Gasteiger partial charge in [0.2, 0.25) is 0 Å². The highest BCUT2D eigenvalue weighted by atomic mass is 19.1. The van der Waals surface area contributed by atoms with Crippen molar-refractivity contribution in [2.45, 2.75) is 40.2 Å². The number of carbonyl (C=O) groups excluding carboxylic acids is 1. The summed E-state index contributed by atoms with van der Waals surface area (Å²) < 4.78 is 15.6. The number of benzene rings is 1. The lowest BCUT2D eigenvalue weighted by molar-refractivity contribution is 0.0944. The average molecular weight is 379 g/mol. The highest BCUT2D eigenvalue weighted by Gasteiger charge is 2.21. The molecule has 0 bridgehead atoms. The highest BCUT2D eigenvalue weighted by Crippen LogP contribution is 2.24. The molecule has 28 heavy (non-hydrogen) atoms. The second kappa shape index (κ2) is 8.83. The van der Waals surface area contributed by atoms with Gasteiger partial charge in [0.15, 0.2) is 0 Å². The molecule has 0 saturated carbocycles. The van der Waals surface area contributed by atoms with Crippen molar-refractivity contribution in [2.24, 2.45) is 0 Å². The molecule has 0 spiro atoms. The van der Waals surface area contributed by atoms with Crippen LogP contribution >= 0.6 is 0 Å². The Bertz CT molecular complexity index is 963. The number of nitrogens with one attached hydrogen (secondary N) is 1. The summed E-state index contributed by atoms with van der Waals surface area (Å²) in [6, 6.07) is 12.3. The van der Waals surface area contributed by atoms with Gasteiger partial charge >= 0.3 is 0 Å². The number of halogens is 1. The number of hydrogen-bond acceptors (Lipinski definition) is 2. The first-order valence-corrected chi connectivity index (χ1v) is 9.62. The van der Waals surface area contributed by atoms with Gasteiger partial charge in [0.25, 0.3) is 5.91 Å². The summed E-state index contributed by atoms with van der Waals surface area (Å²) in [4.78, 5) is 17.3. The van der Waals surface area contributed by atoms with Crippen molar-refractivity contribution in [3.05, 3.63) is 88.3 Å². The average Bonchev–Trinajstić information content (AvgIpc) is 2.92. The largest absolute Gasteiger partial charge is 0.350 e. The summed E-state index contributed by atoms with van der Waals surface area (Å²) in [6.45, 7) is 7.08. The van der Waals surface area contributed by atoms with Gasteiger partial charge in [-0.2, -0.15) is 0 Å². The number of carbonyl (C=O) groups is 1. The maximum absolute atomic E-state index is 13.6. The van der Waals surface area contributed by atoms with Crippen molar-refractivity contribution in [1.82, 2.24) is 14.9 Å². The van der Waals surface area contributed by atoms with E-state index in [9.17, 15) is 9.18 Å². The summed E-state index contributed by atoms with van der Waals surface area (Å²) >= 11 is 0. The Balaban J connectivity index is 1.83. The van der Waals surface area contributed by atoms with Crippen molar-refractivity contribution in [3.8, 4) is 0 Å². The van der Waals surface area contributed by atoms with E-state index in [1.54, 1.807) is 12.3 Å². The van der Waals surface area contributed by atoms with E-state index in [0.717, 1.165) is 28.9 Å². The summed E-state index contributed by atoms with van der Waals surface area (Å²) in [5.41, 5.74) is 5.65. The quantitative estimate of drug-likeness (QED) is 0.668. The van der Waals surface area contributed by atoms with Crippen LogP contribution in [0.1, 0.15) is 45.5 Å². The van der Waals surface area contributed by atoms with Crippen LogP contribution in [0, 0.1) is 19.7 Å².